The fourth-order valence-corrected chi connectivity index (χ4v) is 1.92. The lowest BCUT2D eigenvalue weighted by Crippen LogP contribution is -2.15. The standard InChI is InChI=1S/C13H8OS/c1-2-5-9-8-12(14)10-6-3-4-7-11(10)13(9)15/h1,3-4,6-8H,5H2. The number of rotatable bonds is 1. The summed E-state index contributed by atoms with van der Waals surface area (Å²) in [5.74, 6) is 2.50. The molecule has 0 unspecified atom stereocenters. The molecule has 0 bridgehead atoms. The molecule has 0 spiro atoms. The van der Waals surface area contributed by atoms with Crippen molar-refractivity contribution >= 4 is 22.9 Å². The SMILES string of the molecule is C#CCC1=CC(=O)c2ccccc2C1=S. The van der Waals surface area contributed by atoms with Gasteiger partial charge in [0.1, 0.15) is 0 Å². The van der Waals surface area contributed by atoms with E-state index in [-0.39, 0.29) is 5.78 Å². The van der Waals surface area contributed by atoms with Crippen molar-refractivity contribution in [2.75, 3.05) is 0 Å². The molecule has 1 aromatic rings. The second-order valence-electron chi connectivity index (χ2n) is 3.29. The Morgan fingerprint density at radius 1 is 1.27 bits per heavy atom. The van der Waals surface area contributed by atoms with Gasteiger partial charge in [-0.25, -0.2) is 0 Å². The van der Waals surface area contributed by atoms with E-state index in [0.29, 0.717) is 16.8 Å². The van der Waals surface area contributed by atoms with Gasteiger partial charge in [0.2, 0.25) is 0 Å². The van der Waals surface area contributed by atoms with Gasteiger partial charge in [-0.15, -0.1) is 12.3 Å². The minimum atomic E-state index is -0.00977. The van der Waals surface area contributed by atoms with Crippen LogP contribution in [-0.2, 0) is 0 Å². The topological polar surface area (TPSA) is 17.1 Å². The van der Waals surface area contributed by atoms with Crippen molar-refractivity contribution in [3.8, 4) is 12.3 Å². The van der Waals surface area contributed by atoms with E-state index in [0.717, 1.165) is 11.1 Å². The summed E-state index contributed by atoms with van der Waals surface area (Å²) >= 11 is 5.28. The van der Waals surface area contributed by atoms with Gasteiger partial charge in [0.25, 0.3) is 0 Å². The molecule has 15 heavy (non-hydrogen) atoms. The van der Waals surface area contributed by atoms with Crippen LogP contribution in [0, 0.1) is 12.3 Å². The smallest absolute Gasteiger partial charge is 0.186 e. The Kier molecular flexibility index (Phi) is 2.49. The zero-order valence-electron chi connectivity index (χ0n) is 7.99. The van der Waals surface area contributed by atoms with Gasteiger partial charge < -0.3 is 0 Å². The number of terminal acetylenes is 1. The third-order valence-corrected chi connectivity index (χ3v) is 2.81. The van der Waals surface area contributed by atoms with Gasteiger partial charge in [-0.05, 0) is 11.6 Å². The molecule has 0 saturated heterocycles. The first-order valence-electron chi connectivity index (χ1n) is 4.56. The molecule has 0 heterocycles. The van der Waals surface area contributed by atoms with Crippen LogP contribution < -0.4 is 0 Å². The van der Waals surface area contributed by atoms with Gasteiger partial charge in [0.15, 0.2) is 5.78 Å². The monoisotopic (exact) mass is 212 g/mol. The van der Waals surface area contributed by atoms with Gasteiger partial charge in [-0.2, -0.15) is 0 Å². The highest BCUT2D eigenvalue weighted by molar-refractivity contribution is 7.81. The third-order valence-electron chi connectivity index (χ3n) is 2.33. The Bertz CT molecular complexity index is 518. The third kappa shape index (κ3) is 1.62. The van der Waals surface area contributed by atoms with Crippen LogP contribution in [0.4, 0.5) is 0 Å². The summed E-state index contributed by atoms with van der Waals surface area (Å²) < 4.78 is 0. The number of carbonyl (C=O) groups excluding carboxylic acids is 1. The number of ketones is 1. The molecule has 1 aliphatic carbocycles. The van der Waals surface area contributed by atoms with Crippen molar-refractivity contribution in [2.24, 2.45) is 0 Å². The van der Waals surface area contributed by atoms with Gasteiger partial charge in [-0.1, -0.05) is 36.5 Å². The number of carbonyl (C=O) groups is 1. The molecule has 0 atom stereocenters. The number of thiocarbonyl (C=S) groups is 1. The van der Waals surface area contributed by atoms with Crippen molar-refractivity contribution in [1.29, 1.82) is 0 Å². The van der Waals surface area contributed by atoms with Gasteiger partial charge >= 0.3 is 0 Å². The summed E-state index contributed by atoms with van der Waals surface area (Å²) in [5.41, 5.74) is 2.27. The van der Waals surface area contributed by atoms with E-state index in [4.69, 9.17) is 18.6 Å². The Balaban J connectivity index is 2.55. The first-order chi connectivity index (χ1) is 7.24. The molecular weight excluding hydrogens is 204 g/mol. The molecule has 1 aliphatic rings. The fraction of sp³-hybridized carbons (Fsp3) is 0.0769. The molecular formula is C13H8OS. The minimum Gasteiger partial charge on any atom is -0.289 e. The molecule has 0 aromatic heterocycles. The van der Waals surface area contributed by atoms with E-state index in [9.17, 15) is 4.79 Å². The van der Waals surface area contributed by atoms with Crippen LogP contribution in [-0.4, -0.2) is 10.6 Å². The molecule has 0 fully saturated rings. The highest BCUT2D eigenvalue weighted by Gasteiger charge is 2.20. The van der Waals surface area contributed by atoms with Crippen molar-refractivity contribution in [2.45, 2.75) is 6.42 Å². The number of hydrogen-bond acceptors (Lipinski definition) is 2. The highest BCUT2D eigenvalue weighted by atomic mass is 32.1. The molecule has 2 rings (SSSR count). The van der Waals surface area contributed by atoms with Crippen molar-refractivity contribution in [3.05, 3.63) is 47.0 Å². The average molecular weight is 212 g/mol. The first-order valence-corrected chi connectivity index (χ1v) is 4.97. The summed E-state index contributed by atoms with van der Waals surface area (Å²) in [6, 6.07) is 7.35. The lowest BCUT2D eigenvalue weighted by Gasteiger charge is -2.15. The maximum Gasteiger partial charge on any atom is 0.186 e. The molecule has 0 N–H and O–H groups in total. The summed E-state index contributed by atoms with van der Waals surface area (Å²) in [7, 11) is 0. The Morgan fingerprint density at radius 2 is 1.93 bits per heavy atom. The second kappa shape index (κ2) is 3.80. The predicted molar refractivity (Wildman–Crippen MR) is 64.0 cm³/mol. The zero-order valence-corrected chi connectivity index (χ0v) is 8.80. The van der Waals surface area contributed by atoms with Gasteiger partial charge in [-0.3, -0.25) is 4.79 Å². The fourth-order valence-electron chi connectivity index (χ4n) is 1.61. The Hall–Kier alpha value is -1.72. The van der Waals surface area contributed by atoms with Crippen LogP contribution in [0.15, 0.2) is 35.9 Å². The van der Waals surface area contributed by atoms with Gasteiger partial charge in [0, 0.05) is 22.4 Å². The second-order valence-corrected chi connectivity index (χ2v) is 3.70. The number of fused-ring (bicyclic) bond motifs is 1. The van der Waals surface area contributed by atoms with Gasteiger partial charge in [0.05, 0.1) is 0 Å². The van der Waals surface area contributed by atoms with Crippen molar-refractivity contribution in [3.63, 3.8) is 0 Å². The van der Waals surface area contributed by atoms with Crippen LogP contribution in [0.25, 0.3) is 0 Å². The average Bonchev–Trinajstić information content (AvgIpc) is 2.26. The van der Waals surface area contributed by atoms with E-state index < -0.39 is 0 Å². The number of hydrogen-bond donors (Lipinski definition) is 0. The molecule has 2 heteroatoms. The maximum atomic E-state index is 11.7. The molecule has 72 valence electrons. The number of allylic oxidation sites excluding steroid dienone is 2. The van der Waals surface area contributed by atoms with Crippen LogP contribution in [0.3, 0.4) is 0 Å². The van der Waals surface area contributed by atoms with E-state index in [1.807, 2.05) is 18.2 Å². The van der Waals surface area contributed by atoms with E-state index in [1.165, 1.54) is 0 Å². The summed E-state index contributed by atoms with van der Waals surface area (Å²) in [5, 5.41) is 0. The Morgan fingerprint density at radius 3 is 2.60 bits per heavy atom. The predicted octanol–water partition coefficient (Wildman–Crippen LogP) is 2.55. The largest absolute Gasteiger partial charge is 0.289 e. The molecule has 1 aromatic carbocycles. The first kappa shape index (κ1) is 9.82. The molecule has 0 amide bonds. The summed E-state index contributed by atoms with van der Waals surface area (Å²) in [4.78, 5) is 12.4. The van der Waals surface area contributed by atoms with E-state index >= 15 is 0 Å². The lowest BCUT2D eigenvalue weighted by molar-refractivity contribution is 0.104. The van der Waals surface area contributed by atoms with Crippen molar-refractivity contribution in [1.82, 2.24) is 0 Å². The van der Waals surface area contributed by atoms with Crippen molar-refractivity contribution < 1.29 is 4.79 Å². The minimum absolute atomic E-state index is 0.00977. The number of benzene rings is 1. The quantitative estimate of drug-likeness (QED) is 0.525. The lowest BCUT2D eigenvalue weighted by atomic mass is 9.89. The molecule has 0 saturated carbocycles. The maximum absolute atomic E-state index is 11.7. The molecule has 0 aliphatic heterocycles. The zero-order chi connectivity index (χ0) is 10.8. The summed E-state index contributed by atoms with van der Waals surface area (Å²) in [6.07, 6.45) is 7.19. The summed E-state index contributed by atoms with van der Waals surface area (Å²) in [6.45, 7) is 0. The van der Waals surface area contributed by atoms with Crippen LogP contribution in [0.2, 0.25) is 0 Å². The van der Waals surface area contributed by atoms with Crippen LogP contribution in [0.5, 0.6) is 0 Å². The highest BCUT2D eigenvalue weighted by Crippen LogP contribution is 2.23. The van der Waals surface area contributed by atoms with Crippen LogP contribution in [0.1, 0.15) is 22.3 Å². The normalized spacial score (nSPS) is 14.2. The molecule has 0 radical (unpaired) electrons. The van der Waals surface area contributed by atoms with E-state index in [1.54, 1.807) is 12.1 Å². The van der Waals surface area contributed by atoms with E-state index in [2.05, 4.69) is 5.92 Å². The molecule has 1 nitrogen and oxygen atoms in total. The van der Waals surface area contributed by atoms with Crippen LogP contribution >= 0.6 is 12.2 Å². The Labute approximate surface area is 93.8 Å².